The molecule has 0 bridgehead atoms. The van der Waals surface area contributed by atoms with E-state index in [0.717, 1.165) is 15.8 Å². The minimum Gasteiger partial charge on any atom is -0.484 e. The zero-order chi connectivity index (χ0) is 19.6. The number of nitrogens with one attached hydrogen (secondary N) is 1. The van der Waals surface area contributed by atoms with Crippen LogP contribution in [0.2, 0.25) is 0 Å². The molecule has 1 N–H and O–H groups in total. The number of carbonyl (C=O) groups excluding carboxylic acids is 2. The van der Waals surface area contributed by atoms with E-state index in [1.54, 1.807) is 31.2 Å². The Morgan fingerprint density at radius 3 is 2.67 bits per heavy atom. The smallest absolute Gasteiger partial charge is 0.341 e. The summed E-state index contributed by atoms with van der Waals surface area (Å²) in [4.78, 5) is 36.4. The molecule has 0 fully saturated rings. The minimum atomic E-state index is -0.502. The summed E-state index contributed by atoms with van der Waals surface area (Å²) >= 11 is 1.30. The van der Waals surface area contributed by atoms with Gasteiger partial charge in [-0.15, -0.1) is 11.3 Å². The molecule has 0 radical (unpaired) electrons. The lowest BCUT2D eigenvalue weighted by molar-refractivity contribution is -0.118. The van der Waals surface area contributed by atoms with Crippen LogP contribution in [0.4, 0.5) is 5.00 Å². The summed E-state index contributed by atoms with van der Waals surface area (Å²) in [7, 11) is 1.29. The molecule has 7 nitrogen and oxygen atoms in total. The van der Waals surface area contributed by atoms with Gasteiger partial charge in [0.15, 0.2) is 6.61 Å². The summed E-state index contributed by atoms with van der Waals surface area (Å²) in [5.74, 6) is -0.535. The van der Waals surface area contributed by atoms with Gasteiger partial charge >= 0.3 is 11.6 Å². The van der Waals surface area contributed by atoms with E-state index in [1.807, 2.05) is 6.92 Å². The van der Waals surface area contributed by atoms with Crippen molar-refractivity contribution in [3.63, 3.8) is 0 Å². The molecule has 0 saturated heterocycles. The van der Waals surface area contributed by atoms with E-state index in [9.17, 15) is 14.4 Å². The maximum Gasteiger partial charge on any atom is 0.341 e. The first-order valence-corrected chi connectivity index (χ1v) is 8.85. The highest BCUT2D eigenvalue weighted by Crippen LogP contribution is 2.32. The van der Waals surface area contributed by atoms with Gasteiger partial charge in [0.25, 0.3) is 5.91 Å². The first-order valence-electron chi connectivity index (χ1n) is 8.04. The number of hydrogen-bond donors (Lipinski definition) is 1. The van der Waals surface area contributed by atoms with Crippen LogP contribution >= 0.6 is 11.3 Å². The summed E-state index contributed by atoms with van der Waals surface area (Å²) in [6.45, 7) is 3.40. The molecule has 0 spiro atoms. The molecule has 140 valence electrons. The first kappa shape index (κ1) is 18.7. The van der Waals surface area contributed by atoms with Crippen molar-refractivity contribution in [3.8, 4) is 5.75 Å². The minimum absolute atomic E-state index is 0.265. The van der Waals surface area contributed by atoms with E-state index in [2.05, 4.69) is 5.32 Å². The fraction of sp³-hybridized carbons (Fsp3) is 0.211. The summed E-state index contributed by atoms with van der Waals surface area (Å²) in [6, 6.07) is 7.93. The van der Waals surface area contributed by atoms with Gasteiger partial charge in [0.1, 0.15) is 16.3 Å². The summed E-state index contributed by atoms with van der Waals surface area (Å²) < 4.78 is 15.3. The molecule has 8 heteroatoms. The Hall–Kier alpha value is -3.13. The van der Waals surface area contributed by atoms with Gasteiger partial charge in [-0.25, -0.2) is 9.59 Å². The van der Waals surface area contributed by atoms with Gasteiger partial charge in [-0.2, -0.15) is 0 Å². The fourth-order valence-electron chi connectivity index (χ4n) is 2.51. The number of benzene rings is 1. The number of ether oxygens (including phenoxy) is 2. The number of esters is 1. The Labute approximate surface area is 158 Å². The Kier molecular flexibility index (Phi) is 5.27. The van der Waals surface area contributed by atoms with Crippen molar-refractivity contribution >= 4 is 39.2 Å². The predicted molar refractivity (Wildman–Crippen MR) is 102 cm³/mol. The molecule has 1 amide bonds. The highest BCUT2D eigenvalue weighted by atomic mass is 32.1. The predicted octanol–water partition coefficient (Wildman–Crippen LogP) is 3.28. The van der Waals surface area contributed by atoms with Gasteiger partial charge in [0, 0.05) is 22.4 Å². The van der Waals surface area contributed by atoms with Crippen LogP contribution in [0.15, 0.2) is 39.5 Å². The molecular formula is C19H17NO6S. The second-order valence-electron chi connectivity index (χ2n) is 5.77. The lowest BCUT2D eigenvalue weighted by Gasteiger charge is -2.08. The Bertz CT molecular complexity index is 1080. The van der Waals surface area contributed by atoms with E-state index in [-0.39, 0.29) is 6.61 Å². The maximum absolute atomic E-state index is 12.2. The molecule has 0 saturated carbocycles. The fourth-order valence-corrected chi connectivity index (χ4v) is 3.57. The molecule has 0 atom stereocenters. The van der Waals surface area contributed by atoms with E-state index < -0.39 is 17.5 Å². The second kappa shape index (κ2) is 7.63. The van der Waals surface area contributed by atoms with Gasteiger partial charge in [0.2, 0.25) is 0 Å². The van der Waals surface area contributed by atoms with E-state index >= 15 is 0 Å². The number of aryl methyl sites for hydroxylation is 1. The van der Waals surface area contributed by atoms with E-state index in [1.165, 1.54) is 24.5 Å². The topological polar surface area (TPSA) is 94.8 Å². The van der Waals surface area contributed by atoms with Crippen LogP contribution in [-0.4, -0.2) is 25.6 Å². The van der Waals surface area contributed by atoms with Gasteiger partial charge in [-0.3, -0.25) is 4.79 Å². The average Bonchev–Trinajstić information content (AvgIpc) is 2.92. The lowest BCUT2D eigenvalue weighted by atomic mass is 10.1. The van der Waals surface area contributed by atoms with Crippen LogP contribution < -0.4 is 15.7 Å². The van der Waals surface area contributed by atoms with Crippen LogP contribution in [-0.2, 0) is 9.53 Å². The number of thiophene rings is 1. The standard InChI is InChI=1S/C19H17NO6S/c1-10-11(2)27-18(17(10)19(23)24-3)20-15(21)9-25-13-6-4-12-5-7-16(22)26-14(12)8-13/h4-8H,9H2,1-3H3,(H,20,21). The summed E-state index contributed by atoms with van der Waals surface area (Å²) in [5.41, 5.74) is 1.03. The van der Waals surface area contributed by atoms with Crippen LogP contribution in [0, 0.1) is 13.8 Å². The Balaban J connectivity index is 1.71. The average molecular weight is 387 g/mol. The van der Waals surface area contributed by atoms with Crippen molar-refractivity contribution < 1.29 is 23.5 Å². The zero-order valence-corrected chi connectivity index (χ0v) is 15.8. The molecule has 2 aromatic heterocycles. The number of anilines is 1. The molecule has 2 heterocycles. The van der Waals surface area contributed by atoms with Crippen LogP contribution in [0.3, 0.4) is 0 Å². The Morgan fingerprint density at radius 1 is 1.19 bits per heavy atom. The number of methoxy groups -OCH3 is 1. The molecule has 27 heavy (non-hydrogen) atoms. The van der Waals surface area contributed by atoms with Gasteiger partial charge in [-0.05, 0) is 37.6 Å². The van der Waals surface area contributed by atoms with Crippen LogP contribution in [0.25, 0.3) is 11.0 Å². The zero-order valence-electron chi connectivity index (χ0n) is 15.0. The molecule has 3 aromatic rings. The third kappa shape index (κ3) is 4.01. The van der Waals surface area contributed by atoms with Crippen molar-refractivity contribution in [2.45, 2.75) is 13.8 Å². The quantitative estimate of drug-likeness (QED) is 0.533. The van der Waals surface area contributed by atoms with Gasteiger partial charge in [0.05, 0.1) is 12.7 Å². The number of fused-ring (bicyclic) bond motifs is 1. The van der Waals surface area contributed by atoms with E-state index in [4.69, 9.17) is 13.9 Å². The number of carbonyl (C=O) groups is 2. The maximum atomic E-state index is 12.2. The van der Waals surface area contributed by atoms with Crippen molar-refractivity contribution in [1.82, 2.24) is 0 Å². The van der Waals surface area contributed by atoms with Crippen LogP contribution in [0.5, 0.6) is 5.75 Å². The van der Waals surface area contributed by atoms with Gasteiger partial charge < -0.3 is 19.2 Å². The molecule has 0 aliphatic carbocycles. The second-order valence-corrected chi connectivity index (χ2v) is 6.99. The normalized spacial score (nSPS) is 10.6. The van der Waals surface area contributed by atoms with Crippen molar-refractivity contribution in [2.24, 2.45) is 0 Å². The Morgan fingerprint density at radius 2 is 1.93 bits per heavy atom. The summed E-state index contributed by atoms with van der Waals surface area (Å²) in [6.07, 6.45) is 0. The summed E-state index contributed by atoms with van der Waals surface area (Å²) in [5, 5.41) is 3.86. The lowest BCUT2D eigenvalue weighted by Crippen LogP contribution is -2.21. The highest BCUT2D eigenvalue weighted by Gasteiger charge is 2.21. The number of rotatable bonds is 5. The van der Waals surface area contributed by atoms with Crippen molar-refractivity contribution in [1.29, 1.82) is 0 Å². The molecule has 3 rings (SSSR count). The van der Waals surface area contributed by atoms with Crippen LogP contribution in [0.1, 0.15) is 20.8 Å². The first-order chi connectivity index (χ1) is 12.9. The van der Waals surface area contributed by atoms with E-state index in [0.29, 0.717) is 21.9 Å². The third-order valence-corrected chi connectivity index (χ3v) is 5.11. The molecule has 0 aliphatic heterocycles. The van der Waals surface area contributed by atoms with Crippen molar-refractivity contribution in [2.75, 3.05) is 19.0 Å². The van der Waals surface area contributed by atoms with Crippen molar-refractivity contribution in [3.05, 3.63) is 56.8 Å². The SMILES string of the molecule is COC(=O)c1c(NC(=O)COc2ccc3ccc(=O)oc3c2)sc(C)c1C. The largest absolute Gasteiger partial charge is 0.484 e. The monoisotopic (exact) mass is 387 g/mol. The molecular weight excluding hydrogens is 370 g/mol. The number of hydrogen-bond acceptors (Lipinski definition) is 7. The third-order valence-electron chi connectivity index (χ3n) is 3.99. The highest BCUT2D eigenvalue weighted by molar-refractivity contribution is 7.16. The van der Waals surface area contributed by atoms with Gasteiger partial charge in [-0.1, -0.05) is 0 Å². The molecule has 1 aromatic carbocycles. The number of amides is 1. The molecule has 0 unspecified atom stereocenters. The molecule has 0 aliphatic rings.